The summed E-state index contributed by atoms with van der Waals surface area (Å²) in [6.07, 6.45) is 6.69. The van der Waals surface area contributed by atoms with E-state index in [1.165, 1.54) is 30.5 Å². The van der Waals surface area contributed by atoms with Crippen LogP contribution in [0.15, 0.2) is 5.38 Å². The van der Waals surface area contributed by atoms with Gasteiger partial charge in [-0.05, 0) is 32.6 Å². The Bertz CT molecular complexity index is 606. The zero-order valence-corrected chi connectivity index (χ0v) is 12.9. The Morgan fingerprint density at radius 3 is 2.75 bits per heavy atom. The molecule has 0 atom stereocenters. The Kier molecular flexibility index (Phi) is 3.96. The molecule has 0 bridgehead atoms. The number of aromatic nitrogens is 3. The van der Waals surface area contributed by atoms with Crippen LogP contribution < -0.4 is 5.32 Å². The lowest BCUT2D eigenvalue weighted by molar-refractivity contribution is 0.708. The van der Waals surface area contributed by atoms with E-state index in [-0.39, 0.29) is 0 Å². The molecule has 0 aromatic carbocycles. The Labute approximate surface area is 123 Å². The number of anilines is 1. The second-order valence-electron chi connectivity index (χ2n) is 5.28. The van der Waals surface area contributed by atoms with E-state index in [4.69, 9.17) is 9.97 Å². The quantitative estimate of drug-likeness (QED) is 0.882. The number of nitrogens with zero attached hydrogens (tertiary/aromatic N) is 3. The second-order valence-corrected chi connectivity index (χ2v) is 6.23. The maximum Gasteiger partial charge on any atom is 0.137 e. The number of fused-ring (bicyclic) bond motifs is 1. The molecule has 20 heavy (non-hydrogen) atoms. The molecule has 0 amide bonds. The van der Waals surface area contributed by atoms with Gasteiger partial charge in [0.2, 0.25) is 0 Å². The Balaban J connectivity index is 1.93. The van der Waals surface area contributed by atoms with Crippen molar-refractivity contribution < 1.29 is 0 Å². The largest absolute Gasteiger partial charge is 0.373 e. The van der Waals surface area contributed by atoms with Gasteiger partial charge in [0.1, 0.15) is 16.6 Å². The van der Waals surface area contributed by atoms with E-state index in [0.717, 1.165) is 41.6 Å². The molecule has 0 saturated carbocycles. The highest BCUT2D eigenvalue weighted by atomic mass is 32.1. The summed E-state index contributed by atoms with van der Waals surface area (Å²) < 4.78 is 0. The van der Waals surface area contributed by atoms with Gasteiger partial charge in [0.15, 0.2) is 0 Å². The normalized spacial score (nSPS) is 14.7. The first-order valence-corrected chi connectivity index (χ1v) is 8.11. The third-order valence-electron chi connectivity index (χ3n) is 3.69. The maximum absolute atomic E-state index is 4.80. The number of thiazole rings is 1. The lowest BCUT2D eigenvalue weighted by atomic mass is 10.1. The zero-order chi connectivity index (χ0) is 13.9. The molecule has 0 saturated heterocycles. The molecule has 4 nitrogen and oxygen atoms in total. The van der Waals surface area contributed by atoms with Crippen molar-refractivity contribution in [1.82, 2.24) is 15.0 Å². The van der Waals surface area contributed by atoms with E-state index >= 15 is 0 Å². The van der Waals surface area contributed by atoms with Gasteiger partial charge >= 0.3 is 0 Å². The van der Waals surface area contributed by atoms with Gasteiger partial charge < -0.3 is 5.32 Å². The molecule has 0 spiro atoms. The van der Waals surface area contributed by atoms with Crippen molar-refractivity contribution in [3.63, 3.8) is 0 Å². The first kappa shape index (κ1) is 13.5. The van der Waals surface area contributed by atoms with Gasteiger partial charge in [-0.2, -0.15) is 0 Å². The fraction of sp³-hybridized carbons (Fsp3) is 0.533. The predicted octanol–water partition coefficient (Wildman–Crippen LogP) is 3.14. The van der Waals surface area contributed by atoms with Crippen LogP contribution in [-0.2, 0) is 19.3 Å². The SMILES string of the molecule is CNc1nc(Cc2nc(C)cs2)nc2c1CCCCC2. The molecule has 106 valence electrons. The maximum atomic E-state index is 4.80. The summed E-state index contributed by atoms with van der Waals surface area (Å²) in [6, 6.07) is 0. The average Bonchev–Trinajstić information content (AvgIpc) is 2.71. The van der Waals surface area contributed by atoms with Gasteiger partial charge in [-0.25, -0.2) is 15.0 Å². The molecule has 2 aromatic rings. The van der Waals surface area contributed by atoms with Gasteiger partial charge in [0.25, 0.3) is 0 Å². The van der Waals surface area contributed by atoms with Crippen LogP contribution in [0.3, 0.4) is 0 Å². The molecule has 3 rings (SSSR count). The third-order valence-corrected chi connectivity index (χ3v) is 4.66. The number of nitrogens with one attached hydrogen (secondary N) is 1. The molecule has 0 radical (unpaired) electrons. The molecule has 1 N–H and O–H groups in total. The van der Waals surface area contributed by atoms with Crippen LogP contribution in [0.5, 0.6) is 0 Å². The molecule has 2 heterocycles. The first-order valence-electron chi connectivity index (χ1n) is 7.23. The highest BCUT2D eigenvalue weighted by Crippen LogP contribution is 2.25. The lowest BCUT2D eigenvalue weighted by Gasteiger charge is -2.12. The number of aryl methyl sites for hydroxylation is 2. The summed E-state index contributed by atoms with van der Waals surface area (Å²) in [7, 11) is 1.95. The van der Waals surface area contributed by atoms with Crippen molar-refractivity contribution in [1.29, 1.82) is 0 Å². The van der Waals surface area contributed by atoms with Crippen LogP contribution in [0.25, 0.3) is 0 Å². The minimum atomic E-state index is 0.737. The number of hydrogen-bond acceptors (Lipinski definition) is 5. The van der Waals surface area contributed by atoms with E-state index in [0.29, 0.717) is 0 Å². The van der Waals surface area contributed by atoms with Gasteiger partial charge in [-0.15, -0.1) is 11.3 Å². The third kappa shape index (κ3) is 2.82. The monoisotopic (exact) mass is 288 g/mol. The predicted molar refractivity (Wildman–Crippen MR) is 82.5 cm³/mol. The smallest absolute Gasteiger partial charge is 0.137 e. The average molecular weight is 288 g/mol. The van der Waals surface area contributed by atoms with Crippen LogP contribution in [0.1, 0.15) is 47.0 Å². The van der Waals surface area contributed by atoms with Gasteiger partial charge in [0.05, 0.1) is 6.42 Å². The topological polar surface area (TPSA) is 50.7 Å². The summed E-state index contributed by atoms with van der Waals surface area (Å²) in [5.74, 6) is 1.91. The van der Waals surface area contributed by atoms with Crippen molar-refractivity contribution in [2.45, 2.75) is 45.4 Å². The Hall–Kier alpha value is -1.49. The fourth-order valence-corrected chi connectivity index (χ4v) is 3.50. The summed E-state index contributed by atoms with van der Waals surface area (Å²) in [5.41, 5.74) is 3.64. The van der Waals surface area contributed by atoms with Crippen molar-refractivity contribution >= 4 is 17.2 Å². The second kappa shape index (κ2) is 5.87. The van der Waals surface area contributed by atoms with Crippen LogP contribution in [-0.4, -0.2) is 22.0 Å². The van der Waals surface area contributed by atoms with E-state index in [1.54, 1.807) is 11.3 Å². The zero-order valence-electron chi connectivity index (χ0n) is 12.1. The van der Waals surface area contributed by atoms with Gasteiger partial charge in [-0.1, -0.05) is 6.42 Å². The van der Waals surface area contributed by atoms with Crippen molar-refractivity contribution in [3.8, 4) is 0 Å². The molecule has 0 fully saturated rings. The van der Waals surface area contributed by atoms with Crippen molar-refractivity contribution in [3.05, 3.63) is 33.2 Å². The fourth-order valence-electron chi connectivity index (χ4n) is 2.73. The van der Waals surface area contributed by atoms with Crippen molar-refractivity contribution in [2.24, 2.45) is 0 Å². The lowest BCUT2D eigenvalue weighted by Crippen LogP contribution is -2.09. The highest BCUT2D eigenvalue weighted by Gasteiger charge is 2.16. The van der Waals surface area contributed by atoms with Gasteiger partial charge in [-0.3, -0.25) is 0 Å². The molecule has 5 heteroatoms. The summed E-state index contributed by atoms with van der Waals surface area (Å²) in [6.45, 7) is 2.02. The Morgan fingerprint density at radius 2 is 2.00 bits per heavy atom. The molecule has 0 aliphatic heterocycles. The molecule has 2 aromatic heterocycles. The highest BCUT2D eigenvalue weighted by molar-refractivity contribution is 7.09. The standard InChI is InChI=1S/C15H20N4S/c1-10-9-20-14(17-10)8-13-18-12-7-5-3-4-6-11(12)15(16-2)19-13/h9H,3-8H2,1-2H3,(H,16,18,19). The summed E-state index contributed by atoms with van der Waals surface area (Å²) in [5, 5.41) is 6.42. The minimum absolute atomic E-state index is 0.737. The molecule has 1 aliphatic rings. The van der Waals surface area contributed by atoms with Crippen LogP contribution in [0, 0.1) is 6.92 Å². The molecular weight excluding hydrogens is 268 g/mol. The number of hydrogen-bond donors (Lipinski definition) is 1. The Morgan fingerprint density at radius 1 is 1.15 bits per heavy atom. The van der Waals surface area contributed by atoms with Crippen LogP contribution in [0.4, 0.5) is 5.82 Å². The van der Waals surface area contributed by atoms with Crippen molar-refractivity contribution in [2.75, 3.05) is 12.4 Å². The van der Waals surface area contributed by atoms with Crippen LogP contribution >= 0.6 is 11.3 Å². The van der Waals surface area contributed by atoms with E-state index in [9.17, 15) is 0 Å². The van der Waals surface area contributed by atoms with E-state index in [1.807, 2.05) is 14.0 Å². The summed E-state index contributed by atoms with van der Waals surface area (Å²) >= 11 is 1.69. The first-order chi connectivity index (χ1) is 9.76. The van der Waals surface area contributed by atoms with E-state index < -0.39 is 0 Å². The minimum Gasteiger partial charge on any atom is -0.373 e. The van der Waals surface area contributed by atoms with Gasteiger partial charge in [0, 0.05) is 29.4 Å². The van der Waals surface area contributed by atoms with Crippen LogP contribution in [0.2, 0.25) is 0 Å². The summed E-state index contributed by atoms with van der Waals surface area (Å²) in [4.78, 5) is 14.0. The number of rotatable bonds is 3. The van der Waals surface area contributed by atoms with E-state index in [2.05, 4.69) is 15.7 Å². The molecule has 0 unspecified atom stereocenters. The molecule has 1 aliphatic carbocycles. The molecular formula is C15H20N4S.